The summed E-state index contributed by atoms with van der Waals surface area (Å²) < 4.78 is 28.9. The molecule has 0 unspecified atom stereocenters. The Hall–Kier alpha value is -1.89. The van der Waals surface area contributed by atoms with Crippen molar-refractivity contribution in [2.24, 2.45) is 0 Å². The van der Waals surface area contributed by atoms with Gasteiger partial charge in [-0.3, -0.25) is 9.69 Å². The van der Waals surface area contributed by atoms with Crippen LogP contribution in [0.5, 0.6) is 5.75 Å². The number of alkyl halides is 2. The molecule has 2 aromatic carbocycles. The molecule has 0 fully saturated rings. The van der Waals surface area contributed by atoms with E-state index in [1.807, 2.05) is 0 Å². The number of halogens is 4. The van der Waals surface area contributed by atoms with Gasteiger partial charge in [0.25, 0.3) is 0 Å². The molecule has 0 saturated carbocycles. The number of para-hydroxylation sites is 1. The fraction of sp³-hybridized carbons (Fsp3) is 0.235. The van der Waals surface area contributed by atoms with Gasteiger partial charge in [-0.2, -0.15) is 8.78 Å². The molecule has 0 bridgehead atoms. The number of nitrogens with zero attached hydrogens (tertiary/aromatic N) is 1. The fourth-order valence-electron chi connectivity index (χ4n) is 2.23. The van der Waals surface area contributed by atoms with Crippen molar-refractivity contribution < 1.29 is 18.3 Å². The number of carbonyl (C=O) groups excluding carboxylic acids is 1. The van der Waals surface area contributed by atoms with E-state index < -0.39 is 6.61 Å². The highest BCUT2D eigenvalue weighted by atomic mass is 35.5. The number of benzene rings is 2. The van der Waals surface area contributed by atoms with E-state index in [1.54, 1.807) is 42.3 Å². The van der Waals surface area contributed by atoms with Crippen LogP contribution in [0.1, 0.15) is 5.56 Å². The Kier molecular flexibility index (Phi) is 6.99. The van der Waals surface area contributed by atoms with Crippen LogP contribution >= 0.6 is 23.2 Å². The van der Waals surface area contributed by atoms with Crippen LogP contribution in [0.2, 0.25) is 10.0 Å². The summed E-state index contributed by atoms with van der Waals surface area (Å²) in [4.78, 5) is 13.9. The minimum absolute atomic E-state index is 0.0709. The Balaban J connectivity index is 1.93. The SMILES string of the molecule is CN(CC(=O)Nc1c(Cl)cccc1Cl)Cc1cccc(OC(F)F)c1. The first-order chi connectivity index (χ1) is 11.8. The van der Waals surface area contributed by atoms with Gasteiger partial charge in [-0.15, -0.1) is 0 Å². The quantitative estimate of drug-likeness (QED) is 0.749. The van der Waals surface area contributed by atoms with E-state index in [0.29, 0.717) is 22.3 Å². The number of hydrogen-bond acceptors (Lipinski definition) is 3. The lowest BCUT2D eigenvalue weighted by atomic mass is 10.2. The van der Waals surface area contributed by atoms with Crippen molar-refractivity contribution >= 4 is 34.8 Å². The number of likely N-dealkylation sites (N-methyl/N-ethyl adjacent to an activating group) is 1. The number of carbonyl (C=O) groups is 1. The van der Waals surface area contributed by atoms with Crippen LogP contribution < -0.4 is 10.1 Å². The van der Waals surface area contributed by atoms with Crippen LogP contribution in [0.4, 0.5) is 14.5 Å². The van der Waals surface area contributed by atoms with Gasteiger partial charge in [0.05, 0.1) is 22.3 Å². The predicted molar refractivity (Wildman–Crippen MR) is 94.5 cm³/mol. The molecule has 0 heterocycles. The zero-order chi connectivity index (χ0) is 18.4. The van der Waals surface area contributed by atoms with Gasteiger partial charge in [-0.05, 0) is 36.9 Å². The van der Waals surface area contributed by atoms with Crippen molar-refractivity contribution in [1.29, 1.82) is 0 Å². The Bertz CT molecular complexity index is 724. The van der Waals surface area contributed by atoms with E-state index >= 15 is 0 Å². The van der Waals surface area contributed by atoms with Gasteiger partial charge in [0.15, 0.2) is 0 Å². The zero-order valence-electron chi connectivity index (χ0n) is 13.3. The molecule has 2 rings (SSSR count). The minimum Gasteiger partial charge on any atom is -0.435 e. The first-order valence-corrected chi connectivity index (χ1v) is 8.07. The maximum Gasteiger partial charge on any atom is 0.387 e. The largest absolute Gasteiger partial charge is 0.435 e. The van der Waals surface area contributed by atoms with Crippen LogP contribution in [-0.4, -0.2) is 31.0 Å². The normalized spacial score (nSPS) is 11.0. The molecular weight excluding hydrogens is 373 g/mol. The van der Waals surface area contributed by atoms with E-state index in [1.165, 1.54) is 12.1 Å². The van der Waals surface area contributed by atoms with Crippen molar-refractivity contribution in [2.45, 2.75) is 13.2 Å². The molecule has 134 valence electrons. The summed E-state index contributed by atoms with van der Waals surface area (Å²) in [7, 11) is 1.73. The van der Waals surface area contributed by atoms with Crippen molar-refractivity contribution in [1.82, 2.24) is 4.90 Å². The molecule has 0 saturated heterocycles. The van der Waals surface area contributed by atoms with E-state index in [0.717, 1.165) is 5.56 Å². The van der Waals surface area contributed by atoms with Gasteiger partial charge in [-0.25, -0.2) is 0 Å². The standard InChI is InChI=1S/C17H16Cl2F2N2O2/c1-23(9-11-4-2-5-12(8-11)25-17(20)21)10-15(24)22-16-13(18)6-3-7-14(16)19/h2-8,17H,9-10H2,1H3,(H,22,24). The highest BCUT2D eigenvalue weighted by molar-refractivity contribution is 6.39. The third kappa shape index (κ3) is 6.16. The predicted octanol–water partition coefficient (Wildman–Crippen LogP) is 4.67. The lowest BCUT2D eigenvalue weighted by molar-refractivity contribution is -0.117. The molecule has 8 heteroatoms. The molecule has 0 aliphatic rings. The second kappa shape index (κ2) is 8.99. The minimum atomic E-state index is -2.88. The number of rotatable bonds is 7. The van der Waals surface area contributed by atoms with Crippen LogP contribution in [0, 0.1) is 0 Å². The summed E-state index contributed by atoms with van der Waals surface area (Å²) in [5.74, 6) is -0.217. The number of amides is 1. The third-order valence-corrected chi connectivity index (χ3v) is 3.85. The van der Waals surface area contributed by atoms with Gasteiger partial charge in [0, 0.05) is 6.54 Å². The van der Waals surface area contributed by atoms with Crippen LogP contribution in [0.15, 0.2) is 42.5 Å². The molecular formula is C17H16Cl2F2N2O2. The fourth-order valence-corrected chi connectivity index (χ4v) is 2.72. The van der Waals surface area contributed by atoms with E-state index in [9.17, 15) is 13.6 Å². The number of ether oxygens (including phenoxy) is 1. The van der Waals surface area contributed by atoms with Crippen LogP contribution in [0.25, 0.3) is 0 Å². The van der Waals surface area contributed by atoms with Gasteiger partial charge < -0.3 is 10.1 Å². The molecule has 1 amide bonds. The van der Waals surface area contributed by atoms with Gasteiger partial charge in [-0.1, -0.05) is 41.4 Å². The molecule has 0 aliphatic carbocycles. The summed E-state index contributed by atoms with van der Waals surface area (Å²) in [5.41, 5.74) is 1.10. The molecule has 0 atom stereocenters. The molecule has 0 spiro atoms. The third-order valence-electron chi connectivity index (χ3n) is 3.22. The first kappa shape index (κ1) is 19.4. The van der Waals surface area contributed by atoms with Crippen molar-refractivity contribution in [3.63, 3.8) is 0 Å². The zero-order valence-corrected chi connectivity index (χ0v) is 14.8. The van der Waals surface area contributed by atoms with Gasteiger partial charge in [0.1, 0.15) is 5.75 Å². The van der Waals surface area contributed by atoms with Crippen LogP contribution in [-0.2, 0) is 11.3 Å². The second-order valence-corrected chi connectivity index (χ2v) is 6.16. The molecule has 0 aliphatic heterocycles. The van der Waals surface area contributed by atoms with Crippen molar-refractivity contribution in [2.75, 3.05) is 18.9 Å². The number of nitrogens with one attached hydrogen (secondary N) is 1. The molecule has 25 heavy (non-hydrogen) atoms. The van der Waals surface area contributed by atoms with E-state index in [4.69, 9.17) is 23.2 Å². The average molecular weight is 389 g/mol. The number of anilines is 1. The van der Waals surface area contributed by atoms with E-state index in [2.05, 4.69) is 10.1 Å². The highest BCUT2D eigenvalue weighted by Gasteiger charge is 2.12. The summed E-state index contributed by atoms with van der Waals surface area (Å²) >= 11 is 12.0. The molecule has 2 aromatic rings. The Morgan fingerprint density at radius 1 is 1.20 bits per heavy atom. The maximum atomic E-state index is 12.3. The molecule has 1 N–H and O–H groups in total. The van der Waals surface area contributed by atoms with E-state index in [-0.39, 0.29) is 18.2 Å². The lowest BCUT2D eigenvalue weighted by Crippen LogP contribution is -2.30. The monoisotopic (exact) mass is 388 g/mol. The molecule has 0 aromatic heterocycles. The van der Waals surface area contributed by atoms with Gasteiger partial charge in [0.2, 0.25) is 5.91 Å². The molecule has 4 nitrogen and oxygen atoms in total. The summed E-state index contributed by atoms with van der Waals surface area (Å²) in [6, 6.07) is 11.3. The number of hydrogen-bond donors (Lipinski definition) is 1. The highest BCUT2D eigenvalue weighted by Crippen LogP contribution is 2.29. The average Bonchev–Trinajstić information content (AvgIpc) is 2.50. The van der Waals surface area contributed by atoms with Crippen molar-refractivity contribution in [3.8, 4) is 5.75 Å². The van der Waals surface area contributed by atoms with Crippen LogP contribution in [0.3, 0.4) is 0 Å². The van der Waals surface area contributed by atoms with Gasteiger partial charge >= 0.3 is 6.61 Å². The molecule has 0 radical (unpaired) electrons. The smallest absolute Gasteiger partial charge is 0.387 e. The summed E-state index contributed by atoms with van der Waals surface area (Å²) in [6.07, 6.45) is 0. The Morgan fingerprint density at radius 2 is 1.84 bits per heavy atom. The Morgan fingerprint density at radius 3 is 2.48 bits per heavy atom. The first-order valence-electron chi connectivity index (χ1n) is 7.31. The Labute approximate surface area is 154 Å². The second-order valence-electron chi connectivity index (χ2n) is 5.34. The topological polar surface area (TPSA) is 41.6 Å². The summed E-state index contributed by atoms with van der Waals surface area (Å²) in [5, 5.41) is 3.36. The maximum absolute atomic E-state index is 12.3. The summed E-state index contributed by atoms with van der Waals surface area (Å²) in [6.45, 7) is -2.43. The lowest BCUT2D eigenvalue weighted by Gasteiger charge is -2.17. The van der Waals surface area contributed by atoms with Crippen molar-refractivity contribution in [3.05, 3.63) is 58.1 Å².